The van der Waals surface area contributed by atoms with Gasteiger partial charge in [-0.3, -0.25) is 0 Å². The molecular weight excluding hydrogens is 244 g/mol. The number of amides is 2. The summed E-state index contributed by atoms with van der Waals surface area (Å²) in [6.45, 7) is 7.96. The molecule has 1 rings (SSSR count). The van der Waals surface area contributed by atoms with Gasteiger partial charge in [-0.05, 0) is 30.6 Å². The number of carboxylic acids is 1. The topological polar surface area (TPSA) is 78.4 Å². The largest absolute Gasteiger partial charge is 0.480 e. The van der Waals surface area contributed by atoms with Gasteiger partial charge in [0.1, 0.15) is 6.04 Å². The van der Waals surface area contributed by atoms with Crippen molar-refractivity contribution >= 4 is 12.0 Å². The predicted molar refractivity (Wildman–Crippen MR) is 74.0 cm³/mol. The Labute approximate surface area is 115 Å². The lowest BCUT2D eigenvalue weighted by atomic mass is 9.75. The highest BCUT2D eigenvalue weighted by atomic mass is 16.4. The fraction of sp³-hybridized carbons (Fsp3) is 0.857. The maximum Gasteiger partial charge on any atom is 0.326 e. The van der Waals surface area contributed by atoms with E-state index >= 15 is 0 Å². The van der Waals surface area contributed by atoms with Crippen LogP contribution in [-0.4, -0.2) is 29.2 Å². The second kappa shape index (κ2) is 6.26. The molecular formula is C14H26N2O3. The van der Waals surface area contributed by atoms with Crippen molar-refractivity contribution in [3.05, 3.63) is 0 Å². The minimum Gasteiger partial charge on any atom is -0.480 e. The third kappa shape index (κ3) is 5.09. The third-order valence-corrected chi connectivity index (χ3v) is 3.76. The van der Waals surface area contributed by atoms with Gasteiger partial charge in [-0.25, -0.2) is 9.59 Å². The molecule has 110 valence electrons. The van der Waals surface area contributed by atoms with Crippen LogP contribution in [0.5, 0.6) is 0 Å². The van der Waals surface area contributed by atoms with Crippen LogP contribution in [0.3, 0.4) is 0 Å². The SMILES string of the molecule is CC(C)C(NC(=O)NC1CCCC(C)(C)C1)C(=O)O. The predicted octanol–water partition coefficient (Wildman–Crippen LogP) is 2.36. The van der Waals surface area contributed by atoms with Gasteiger partial charge in [-0.2, -0.15) is 0 Å². The number of carboxylic acid groups (broad SMARTS) is 1. The molecule has 0 aromatic heterocycles. The first-order chi connectivity index (χ1) is 8.71. The van der Waals surface area contributed by atoms with Crippen molar-refractivity contribution in [2.75, 3.05) is 0 Å². The summed E-state index contributed by atoms with van der Waals surface area (Å²) >= 11 is 0. The average Bonchev–Trinajstić information content (AvgIpc) is 2.23. The first kappa shape index (κ1) is 15.8. The summed E-state index contributed by atoms with van der Waals surface area (Å²) in [6, 6.07) is -1.06. The Balaban J connectivity index is 2.48. The molecule has 0 bridgehead atoms. The maximum absolute atomic E-state index is 11.9. The number of nitrogens with one attached hydrogen (secondary N) is 2. The normalized spacial score (nSPS) is 23.7. The Morgan fingerprint density at radius 2 is 1.95 bits per heavy atom. The van der Waals surface area contributed by atoms with Gasteiger partial charge in [0.15, 0.2) is 0 Å². The number of carbonyl (C=O) groups is 2. The summed E-state index contributed by atoms with van der Waals surface area (Å²) < 4.78 is 0. The smallest absolute Gasteiger partial charge is 0.326 e. The number of aliphatic carboxylic acids is 1. The quantitative estimate of drug-likeness (QED) is 0.733. The van der Waals surface area contributed by atoms with Gasteiger partial charge in [0.25, 0.3) is 0 Å². The number of rotatable bonds is 4. The second-order valence-corrected chi connectivity index (χ2v) is 6.64. The molecule has 1 aliphatic rings. The fourth-order valence-corrected chi connectivity index (χ4v) is 2.70. The molecule has 0 radical (unpaired) electrons. The van der Waals surface area contributed by atoms with E-state index in [4.69, 9.17) is 5.11 Å². The van der Waals surface area contributed by atoms with E-state index in [1.807, 2.05) is 0 Å². The minimum atomic E-state index is -0.992. The van der Waals surface area contributed by atoms with Gasteiger partial charge in [-0.15, -0.1) is 0 Å². The number of hydrogen-bond acceptors (Lipinski definition) is 2. The minimum absolute atomic E-state index is 0.133. The molecule has 2 amide bonds. The molecule has 0 heterocycles. The maximum atomic E-state index is 11.9. The summed E-state index contributed by atoms with van der Waals surface area (Å²) in [5.74, 6) is -1.12. The van der Waals surface area contributed by atoms with E-state index in [9.17, 15) is 9.59 Å². The zero-order valence-electron chi connectivity index (χ0n) is 12.3. The van der Waals surface area contributed by atoms with Crippen molar-refractivity contribution in [1.82, 2.24) is 10.6 Å². The van der Waals surface area contributed by atoms with Gasteiger partial charge >= 0.3 is 12.0 Å². The first-order valence-corrected chi connectivity index (χ1v) is 7.01. The molecule has 0 saturated heterocycles. The zero-order valence-corrected chi connectivity index (χ0v) is 12.3. The Kier molecular flexibility index (Phi) is 5.20. The highest BCUT2D eigenvalue weighted by Crippen LogP contribution is 2.34. The van der Waals surface area contributed by atoms with Crippen molar-refractivity contribution in [2.45, 2.75) is 65.5 Å². The van der Waals surface area contributed by atoms with Crippen LogP contribution in [0.1, 0.15) is 53.4 Å². The van der Waals surface area contributed by atoms with Crippen molar-refractivity contribution in [2.24, 2.45) is 11.3 Å². The standard InChI is InChI=1S/C14H26N2O3/c1-9(2)11(12(17)18)16-13(19)15-10-6-5-7-14(3,4)8-10/h9-11H,5-8H2,1-4H3,(H,17,18)(H2,15,16,19). The molecule has 1 aliphatic carbocycles. The van der Waals surface area contributed by atoms with Crippen LogP contribution in [0.4, 0.5) is 4.79 Å². The lowest BCUT2D eigenvalue weighted by molar-refractivity contribution is -0.140. The van der Waals surface area contributed by atoms with Crippen LogP contribution >= 0.6 is 0 Å². The van der Waals surface area contributed by atoms with Gasteiger partial charge in [0.2, 0.25) is 0 Å². The number of urea groups is 1. The molecule has 0 aromatic rings. The second-order valence-electron chi connectivity index (χ2n) is 6.64. The molecule has 3 N–H and O–H groups in total. The summed E-state index contributed by atoms with van der Waals surface area (Å²) in [5.41, 5.74) is 0.250. The van der Waals surface area contributed by atoms with Gasteiger partial charge in [0, 0.05) is 6.04 Å². The Morgan fingerprint density at radius 1 is 1.32 bits per heavy atom. The van der Waals surface area contributed by atoms with Crippen molar-refractivity contribution in [3.8, 4) is 0 Å². The van der Waals surface area contributed by atoms with Gasteiger partial charge in [-0.1, -0.05) is 34.1 Å². The monoisotopic (exact) mass is 270 g/mol. The number of carbonyl (C=O) groups excluding carboxylic acids is 1. The molecule has 2 atom stereocenters. The zero-order chi connectivity index (χ0) is 14.6. The van der Waals surface area contributed by atoms with E-state index in [1.54, 1.807) is 13.8 Å². The Bertz CT molecular complexity index is 340. The van der Waals surface area contributed by atoms with E-state index in [-0.39, 0.29) is 23.4 Å². The van der Waals surface area contributed by atoms with E-state index < -0.39 is 12.0 Å². The molecule has 19 heavy (non-hydrogen) atoms. The molecule has 1 fully saturated rings. The molecule has 5 heteroatoms. The molecule has 0 aromatic carbocycles. The van der Waals surface area contributed by atoms with Crippen LogP contribution in [0.15, 0.2) is 0 Å². The van der Waals surface area contributed by atoms with Gasteiger partial charge < -0.3 is 15.7 Å². The van der Waals surface area contributed by atoms with Crippen LogP contribution in [-0.2, 0) is 4.79 Å². The van der Waals surface area contributed by atoms with Crippen molar-refractivity contribution < 1.29 is 14.7 Å². The fourth-order valence-electron chi connectivity index (χ4n) is 2.70. The molecule has 2 unspecified atom stereocenters. The Morgan fingerprint density at radius 3 is 2.42 bits per heavy atom. The van der Waals surface area contributed by atoms with E-state index in [1.165, 1.54) is 6.42 Å². The van der Waals surface area contributed by atoms with Crippen LogP contribution in [0.2, 0.25) is 0 Å². The van der Waals surface area contributed by atoms with E-state index in [2.05, 4.69) is 24.5 Å². The molecule has 0 spiro atoms. The lowest BCUT2D eigenvalue weighted by Gasteiger charge is -2.35. The number of hydrogen-bond donors (Lipinski definition) is 3. The van der Waals surface area contributed by atoms with Crippen molar-refractivity contribution in [3.63, 3.8) is 0 Å². The van der Waals surface area contributed by atoms with Crippen LogP contribution in [0, 0.1) is 11.3 Å². The van der Waals surface area contributed by atoms with Crippen LogP contribution < -0.4 is 10.6 Å². The van der Waals surface area contributed by atoms with Gasteiger partial charge in [0.05, 0.1) is 0 Å². The van der Waals surface area contributed by atoms with E-state index in [0.29, 0.717) is 0 Å². The van der Waals surface area contributed by atoms with E-state index in [0.717, 1.165) is 19.3 Å². The van der Waals surface area contributed by atoms with Crippen LogP contribution in [0.25, 0.3) is 0 Å². The third-order valence-electron chi connectivity index (χ3n) is 3.76. The summed E-state index contributed by atoms with van der Waals surface area (Å²) in [7, 11) is 0. The first-order valence-electron chi connectivity index (χ1n) is 7.01. The highest BCUT2D eigenvalue weighted by Gasteiger charge is 2.30. The summed E-state index contributed by atoms with van der Waals surface area (Å²) in [4.78, 5) is 22.9. The highest BCUT2D eigenvalue weighted by molar-refractivity contribution is 5.82. The summed E-state index contributed by atoms with van der Waals surface area (Å²) in [6.07, 6.45) is 4.19. The molecule has 5 nitrogen and oxygen atoms in total. The lowest BCUT2D eigenvalue weighted by Crippen LogP contribution is -2.52. The molecule has 1 saturated carbocycles. The Hall–Kier alpha value is -1.26. The molecule has 0 aliphatic heterocycles. The van der Waals surface area contributed by atoms with Crippen molar-refractivity contribution in [1.29, 1.82) is 0 Å². The average molecular weight is 270 g/mol. The summed E-state index contributed by atoms with van der Waals surface area (Å²) in [5, 5.41) is 14.5.